The molecule has 2 heterocycles. The molecule has 0 spiro atoms. The minimum atomic E-state index is -0.958. The molecule has 1 aliphatic heterocycles. The van der Waals surface area contributed by atoms with Crippen molar-refractivity contribution in [3.8, 4) is 22.8 Å². The number of fused-ring (bicyclic) bond motifs is 1. The van der Waals surface area contributed by atoms with Gasteiger partial charge in [-0.3, -0.25) is 4.79 Å². The van der Waals surface area contributed by atoms with Crippen LogP contribution in [0.3, 0.4) is 0 Å². The van der Waals surface area contributed by atoms with E-state index in [1.807, 2.05) is 31.2 Å². The Labute approximate surface area is 146 Å². The number of nitrogens with one attached hydrogen (secondary N) is 1. The van der Waals surface area contributed by atoms with Crippen LogP contribution in [0, 0.1) is 5.41 Å². The van der Waals surface area contributed by atoms with Gasteiger partial charge in [0.15, 0.2) is 0 Å². The Morgan fingerprint density at radius 2 is 2.12 bits per heavy atom. The summed E-state index contributed by atoms with van der Waals surface area (Å²) in [5, 5.41) is 12.4. The summed E-state index contributed by atoms with van der Waals surface area (Å²) >= 11 is 0. The molecule has 0 saturated carbocycles. The first-order valence-corrected chi connectivity index (χ1v) is 8.22. The molecule has 0 fully saturated rings. The third-order valence-electron chi connectivity index (χ3n) is 4.12. The lowest BCUT2D eigenvalue weighted by Crippen LogP contribution is -2.30. The van der Waals surface area contributed by atoms with Gasteiger partial charge in [-0.1, -0.05) is 6.07 Å². The van der Waals surface area contributed by atoms with Crippen LogP contribution in [0.15, 0.2) is 36.5 Å². The number of anilines is 1. The number of aromatic nitrogens is 1. The summed E-state index contributed by atoms with van der Waals surface area (Å²) in [6.07, 6.45) is 1.85. The van der Waals surface area contributed by atoms with Gasteiger partial charge >= 0.3 is 5.97 Å². The first kappa shape index (κ1) is 17.1. The predicted molar refractivity (Wildman–Crippen MR) is 95.2 cm³/mol. The zero-order valence-corrected chi connectivity index (χ0v) is 14.6. The van der Waals surface area contributed by atoms with Crippen LogP contribution in [0.25, 0.3) is 11.1 Å². The van der Waals surface area contributed by atoms with Gasteiger partial charge in [0.25, 0.3) is 0 Å². The maximum Gasteiger partial charge on any atom is 0.312 e. The molecule has 1 unspecified atom stereocenters. The maximum absolute atomic E-state index is 11.1. The summed E-state index contributed by atoms with van der Waals surface area (Å²) in [5.74, 6) is 0.336. The molecule has 0 aliphatic carbocycles. The van der Waals surface area contributed by atoms with Gasteiger partial charge in [0, 0.05) is 17.8 Å². The van der Waals surface area contributed by atoms with E-state index in [9.17, 15) is 4.79 Å². The molecule has 0 bridgehead atoms. The van der Waals surface area contributed by atoms with Crippen LogP contribution in [0.1, 0.15) is 20.8 Å². The number of benzene rings is 1. The SMILES string of the molecule is CC1CNc2ccc(-c3ccc(OCC(C)(C)C(=O)O)nc3)cc2O1. The molecule has 1 atom stereocenters. The van der Waals surface area contributed by atoms with Crippen molar-refractivity contribution in [2.45, 2.75) is 26.9 Å². The average Bonchev–Trinajstić information content (AvgIpc) is 2.59. The molecule has 1 aromatic carbocycles. The van der Waals surface area contributed by atoms with Crippen LogP contribution in [-0.4, -0.2) is 35.3 Å². The standard InChI is InChI=1S/C19H22N2O4/c1-12-9-20-15-6-4-13(8-16(15)25-12)14-5-7-17(21-10-14)24-11-19(2,3)18(22)23/h4-8,10,12,20H,9,11H2,1-3H3,(H,22,23). The van der Waals surface area contributed by atoms with E-state index in [1.165, 1.54) is 0 Å². The van der Waals surface area contributed by atoms with Crippen molar-refractivity contribution in [3.05, 3.63) is 36.5 Å². The highest BCUT2D eigenvalue weighted by Gasteiger charge is 2.28. The lowest BCUT2D eigenvalue weighted by Gasteiger charge is -2.25. The minimum absolute atomic E-state index is 0.0604. The molecule has 0 amide bonds. The second-order valence-corrected chi connectivity index (χ2v) is 6.88. The zero-order valence-electron chi connectivity index (χ0n) is 14.6. The number of carboxylic acids is 1. The molecule has 25 heavy (non-hydrogen) atoms. The molecule has 3 rings (SSSR count). The van der Waals surface area contributed by atoms with Crippen LogP contribution in [0.4, 0.5) is 5.69 Å². The van der Waals surface area contributed by atoms with E-state index in [1.54, 1.807) is 26.1 Å². The fourth-order valence-corrected chi connectivity index (χ4v) is 2.41. The van der Waals surface area contributed by atoms with Gasteiger partial charge in [0.1, 0.15) is 18.5 Å². The van der Waals surface area contributed by atoms with Crippen LogP contribution in [-0.2, 0) is 4.79 Å². The Hall–Kier alpha value is -2.76. The predicted octanol–water partition coefficient (Wildman–Crippen LogP) is 3.43. The number of carbonyl (C=O) groups is 1. The summed E-state index contributed by atoms with van der Waals surface area (Å²) in [5.41, 5.74) is 1.97. The molecule has 1 aliphatic rings. The van der Waals surface area contributed by atoms with E-state index in [2.05, 4.69) is 10.3 Å². The highest BCUT2D eigenvalue weighted by atomic mass is 16.5. The number of carboxylic acid groups (broad SMARTS) is 1. The van der Waals surface area contributed by atoms with Gasteiger partial charge < -0.3 is 19.9 Å². The molecule has 6 nitrogen and oxygen atoms in total. The van der Waals surface area contributed by atoms with Gasteiger partial charge in [-0.05, 0) is 44.5 Å². The first-order valence-electron chi connectivity index (χ1n) is 8.22. The monoisotopic (exact) mass is 342 g/mol. The molecular formula is C19H22N2O4. The summed E-state index contributed by atoms with van der Waals surface area (Å²) in [4.78, 5) is 15.4. The van der Waals surface area contributed by atoms with Crippen LogP contribution >= 0.6 is 0 Å². The molecule has 1 aromatic heterocycles. The fraction of sp³-hybridized carbons (Fsp3) is 0.368. The van der Waals surface area contributed by atoms with Crippen LogP contribution in [0.5, 0.6) is 11.6 Å². The van der Waals surface area contributed by atoms with E-state index >= 15 is 0 Å². The van der Waals surface area contributed by atoms with Gasteiger partial charge in [-0.25, -0.2) is 4.98 Å². The number of aliphatic carboxylic acids is 1. The molecule has 2 N–H and O–H groups in total. The molecule has 6 heteroatoms. The topological polar surface area (TPSA) is 80.7 Å². The van der Waals surface area contributed by atoms with Crippen molar-refractivity contribution in [2.24, 2.45) is 5.41 Å². The van der Waals surface area contributed by atoms with E-state index in [0.717, 1.165) is 29.1 Å². The van der Waals surface area contributed by atoms with Crippen molar-refractivity contribution in [1.29, 1.82) is 0 Å². The number of ether oxygens (including phenoxy) is 2. The summed E-state index contributed by atoms with van der Waals surface area (Å²) in [6, 6.07) is 9.64. The van der Waals surface area contributed by atoms with Crippen molar-refractivity contribution >= 4 is 11.7 Å². The smallest absolute Gasteiger partial charge is 0.312 e. The van der Waals surface area contributed by atoms with Crippen LogP contribution in [0.2, 0.25) is 0 Å². The lowest BCUT2D eigenvalue weighted by atomic mass is 9.95. The Morgan fingerprint density at radius 1 is 1.36 bits per heavy atom. The normalized spacial score (nSPS) is 16.4. The van der Waals surface area contributed by atoms with Crippen molar-refractivity contribution in [3.63, 3.8) is 0 Å². The number of pyridine rings is 1. The fourth-order valence-electron chi connectivity index (χ4n) is 2.41. The molecular weight excluding hydrogens is 320 g/mol. The Bertz CT molecular complexity index is 771. The first-order chi connectivity index (χ1) is 11.8. The van der Waals surface area contributed by atoms with E-state index in [-0.39, 0.29) is 12.7 Å². The quantitative estimate of drug-likeness (QED) is 0.866. The molecule has 132 valence electrons. The van der Waals surface area contributed by atoms with E-state index in [0.29, 0.717) is 5.88 Å². The number of rotatable bonds is 5. The summed E-state index contributed by atoms with van der Waals surface area (Å²) < 4.78 is 11.4. The number of hydrogen-bond donors (Lipinski definition) is 2. The zero-order chi connectivity index (χ0) is 18.0. The van der Waals surface area contributed by atoms with Crippen molar-refractivity contribution in [1.82, 2.24) is 4.98 Å². The second-order valence-electron chi connectivity index (χ2n) is 6.88. The largest absolute Gasteiger partial charge is 0.487 e. The average molecular weight is 342 g/mol. The minimum Gasteiger partial charge on any atom is -0.487 e. The Balaban J connectivity index is 1.72. The van der Waals surface area contributed by atoms with E-state index < -0.39 is 11.4 Å². The summed E-state index contributed by atoms with van der Waals surface area (Å²) in [7, 11) is 0. The van der Waals surface area contributed by atoms with Gasteiger partial charge in [0.2, 0.25) is 5.88 Å². The molecule has 0 radical (unpaired) electrons. The van der Waals surface area contributed by atoms with Crippen molar-refractivity contribution < 1.29 is 19.4 Å². The third kappa shape index (κ3) is 3.84. The highest BCUT2D eigenvalue weighted by Crippen LogP contribution is 2.34. The third-order valence-corrected chi connectivity index (χ3v) is 4.12. The van der Waals surface area contributed by atoms with Crippen LogP contribution < -0.4 is 14.8 Å². The number of nitrogens with zero attached hydrogens (tertiary/aromatic N) is 1. The summed E-state index contributed by atoms with van der Waals surface area (Å²) in [6.45, 7) is 6.12. The Kier molecular flexibility index (Phi) is 4.53. The van der Waals surface area contributed by atoms with Gasteiger partial charge in [0.05, 0.1) is 17.6 Å². The van der Waals surface area contributed by atoms with Gasteiger partial charge in [-0.2, -0.15) is 0 Å². The van der Waals surface area contributed by atoms with E-state index in [4.69, 9.17) is 14.6 Å². The molecule has 0 saturated heterocycles. The Morgan fingerprint density at radius 3 is 2.80 bits per heavy atom. The highest BCUT2D eigenvalue weighted by molar-refractivity contribution is 5.74. The number of hydrogen-bond acceptors (Lipinski definition) is 5. The maximum atomic E-state index is 11.1. The van der Waals surface area contributed by atoms with Crippen molar-refractivity contribution in [2.75, 3.05) is 18.5 Å². The molecule has 2 aromatic rings. The second kappa shape index (κ2) is 6.63. The lowest BCUT2D eigenvalue weighted by molar-refractivity contribution is -0.148. The van der Waals surface area contributed by atoms with Gasteiger partial charge in [-0.15, -0.1) is 0 Å².